The highest BCUT2D eigenvalue weighted by atomic mass is 16.5. The first-order chi connectivity index (χ1) is 7.72. The Kier molecular flexibility index (Phi) is 2.81. The largest absolute Gasteiger partial charge is 0.468 e. The van der Waals surface area contributed by atoms with Gasteiger partial charge in [-0.2, -0.15) is 0 Å². The molecule has 0 N–H and O–H groups in total. The Morgan fingerprint density at radius 2 is 2.19 bits per heavy atom. The first kappa shape index (κ1) is 10.5. The molecule has 0 aliphatic carbocycles. The predicted octanol–water partition coefficient (Wildman–Crippen LogP) is 2.04. The van der Waals surface area contributed by atoms with Crippen LogP contribution in [0.15, 0.2) is 34.9 Å². The fourth-order valence-corrected chi connectivity index (χ4v) is 1.60. The summed E-state index contributed by atoms with van der Waals surface area (Å²) in [6.07, 6.45) is 1.65. The van der Waals surface area contributed by atoms with Gasteiger partial charge in [-0.05, 0) is 12.1 Å². The molecule has 0 aliphatic heterocycles. The van der Waals surface area contributed by atoms with Crippen molar-refractivity contribution < 1.29 is 13.9 Å². The molecule has 0 radical (unpaired) electrons. The molecule has 4 nitrogen and oxygen atoms in total. The molecule has 0 bridgehead atoms. The van der Waals surface area contributed by atoms with Gasteiger partial charge in [0.2, 0.25) is 0 Å². The van der Waals surface area contributed by atoms with E-state index in [1.165, 1.54) is 7.11 Å². The summed E-state index contributed by atoms with van der Waals surface area (Å²) < 4.78 is 10.0. The molecule has 0 aliphatic rings. The van der Waals surface area contributed by atoms with Crippen LogP contribution in [0.4, 0.5) is 5.69 Å². The van der Waals surface area contributed by atoms with Crippen molar-refractivity contribution in [2.45, 2.75) is 0 Å². The second-order valence-corrected chi connectivity index (χ2v) is 3.55. The highest BCUT2D eigenvalue weighted by Gasteiger charge is 2.12. The SMILES string of the molecule is COC(=O)CN(C)c1coc2ccccc12. The second kappa shape index (κ2) is 4.26. The van der Waals surface area contributed by atoms with Gasteiger partial charge in [0.1, 0.15) is 18.4 Å². The molecule has 0 unspecified atom stereocenters. The summed E-state index contributed by atoms with van der Waals surface area (Å²) in [7, 11) is 3.21. The van der Waals surface area contributed by atoms with E-state index < -0.39 is 0 Å². The predicted molar refractivity (Wildman–Crippen MR) is 61.5 cm³/mol. The molecule has 2 rings (SSSR count). The lowest BCUT2D eigenvalue weighted by Gasteiger charge is -2.15. The van der Waals surface area contributed by atoms with Crippen molar-refractivity contribution in [2.75, 3.05) is 25.6 Å². The summed E-state index contributed by atoms with van der Waals surface area (Å²) in [6, 6.07) is 7.70. The summed E-state index contributed by atoms with van der Waals surface area (Å²) in [4.78, 5) is 13.0. The highest BCUT2D eigenvalue weighted by molar-refractivity contribution is 5.92. The number of hydrogen-bond donors (Lipinski definition) is 0. The molecule has 0 saturated heterocycles. The van der Waals surface area contributed by atoms with E-state index in [1.54, 1.807) is 11.2 Å². The van der Waals surface area contributed by atoms with Gasteiger partial charge >= 0.3 is 5.97 Å². The molecule has 1 aromatic heterocycles. The Balaban J connectivity index is 2.29. The zero-order chi connectivity index (χ0) is 11.5. The Morgan fingerprint density at radius 1 is 1.44 bits per heavy atom. The van der Waals surface area contributed by atoms with Crippen molar-refractivity contribution in [3.63, 3.8) is 0 Å². The molecule has 2 aromatic rings. The summed E-state index contributed by atoms with van der Waals surface area (Å²) in [5.41, 5.74) is 1.70. The van der Waals surface area contributed by atoms with E-state index in [4.69, 9.17) is 4.42 Å². The maximum absolute atomic E-state index is 11.2. The molecule has 1 heterocycles. The zero-order valence-electron chi connectivity index (χ0n) is 9.27. The summed E-state index contributed by atoms with van der Waals surface area (Å²) in [5, 5.41) is 0.994. The number of methoxy groups -OCH3 is 1. The van der Waals surface area contributed by atoms with Crippen LogP contribution in [0.25, 0.3) is 11.0 Å². The van der Waals surface area contributed by atoms with Crippen LogP contribution < -0.4 is 4.90 Å². The summed E-state index contributed by atoms with van der Waals surface area (Å²) in [6.45, 7) is 0.208. The number of likely N-dealkylation sites (N-methyl/N-ethyl adjacent to an activating group) is 1. The van der Waals surface area contributed by atoms with Crippen molar-refractivity contribution in [1.82, 2.24) is 0 Å². The van der Waals surface area contributed by atoms with Gasteiger partial charge in [-0.3, -0.25) is 4.79 Å². The van der Waals surface area contributed by atoms with Gasteiger partial charge in [0.05, 0.1) is 12.8 Å². The van der Waals surface area contributed by atoms with Gasteiger partial charge in [0.25, 0.3) is 0 Å². The lowest BCUT2D eigenvalue weighted by atomic mass is 10.2. The minimum atomic E-state index is -0.271. The van der Waals surface area contributed by atoms with Gasteiger partial charge in [-0.1, -0.05) is 12.1 Å². The number of carbonyl (C=O) groups excluding carboxylic acids is 1. The van der Waals surface area contributed by atoms with E-state index >= 15 is 0 Å². The number of esters is 1. The topological polar surface area (TPSA) is 42.7 Å². The Morgan fingerprint density at radius 3 is 2.94 bits per heavy atom. The van der Waals surface area contributed by atoms with Gasteiger partial charge in [-0.15, -0.1) is 0 Å². The highest BCUT2D eigenvalue weighted by Crippen LogP contribution is 2.27. The minimum Gasteiger partial charge on any atom is -0.468 e. The van der Waals surface area contributed by atoms with E-state index in [0.29, 0.717) is 0 Å². The maximum atomic E-state index is 11.2. The molecule has 4 heteroatoms. The number of para-hydroxylation sites is 1. The minimum absolute atomic E-state index is 0.208. The number of ether oxygens (including phenoxy) is 1. The van der Waals surface area contributed by atoms with Crippen LogP contribution in [-0.2, 0) is 9.53 Å². The average molecular weight is 219 g/mol. The molecule has 0 spiro atoms. The normalized spacial score (nSPS) is 10.4. The molecule has 84 valence electrons. The lowest BCUT2D eigenvalue weighted by molar-refractivity contribution is -0.138. The number of nitrogens with zero attached hydrogens (tertiary/aromatic N) is 1. The third kappa shape index (κ3) is 1.86. The lowest BCUT2D eigenvalue weighted by Crippen LogP contribution is -2.26. The van der Waals surface area contributed by atoms with Gasteiger partial charge in [0, 0.05) is 12.4 Å². The van der Waals surface area contributed by atoms with E-state index in [-0.39, 0.29) is 12.5 Å². The van der Waals surface area contributed by atoms with Crippen LogP contribution >= 0.6 is 0 Å². The summed E-state index contributed by atoms with van der Waals surface area (Å²) >= 11 is 0. The number of rotatable bonds is 3. The van der Waals surface area contributed by atoms with Crippen molar-refractivity contribution in [1.29, 1.82) is 0 Å². The molecule has 0 saturated carbocycles. The van der Waals surface area contributed by atoms with E-state index in [9.17, 15) is 4.79 Å². The van der Waals surface area contributed by atoms with Gasteiger partial charge in [0.15, 0.2) is 0 Å². The number of furan rings is 1. The molecule has 1 aromatic carbocycles. The fourth-order valence-electron chi connectivity index (χ4n) is 1.60. The number of carbonyl (C=O) groups is 1. The quantitative estimate of drug-likeness (QED) is 0.741. The molecular formula is C12H13NO3. The van der Waals surface area contributed by atoms with Crippen LogP contribution in [0.1, 0.15) is 0 Å². The zero-order valence-corrected chi connectivity index (χ0v) is 9.27. The first-order valence-electron chi connectivity index (χ1n) is 4.96. The third-order valence-electron chi connectivity index (χ3n) is 2.47. The Labute approximate surface area is 93.4 Å². The third-order valence-corrected chi connectivity index (χ3v) is 2.47. The van der Waals surface area contributed by atoms with Gasteiger partial charge < -0.3 is 14.1 Å². The monoisotopic (exact) mass is 219 g/mol. The number of benzene rings is 1. The number of fused-ring (bicyclic) bond motifs is 1. The van der Waals surface area contributed by atoms with Crippen LogP contribution in [0.3, 0.4) is 0 Å². The Bertz CT molecular complexity index is 504. The number of hydrogen-bond acceptors (Lipinski definition) is 4. The standard InChI is InChI=1S/C12H13NO3/c1-13(7-12(14)15-2)10-8-16-11-6-4-3-5-9(10)11/h3-6,8H,7H2,1-2H3. The van der Waals surface area contributed by atoms with Crippen molar-refractivity contribution in [3.8, 4) is 0 Å². The molecular weight excluding hydrogens is 206 g/mol. The molecule has 0 fully saturated rings. The second-order valence-electron chi connectivity index (χ2n) is 3.55. The average Bonchev–Trinajstić information content (AvgIpc) is 2.72. The van der Waals surface area contributed by atoms with Crippen LogP contribution in [0.2, 0.25) is 0 Å². The smallest absolute Gasteiger partial charge is 0.325 e. The van der Waals surface area contributed by atoms with Gasteiger partial charge in [-0.25, -0.2) is 0 Å². The van der Waals surface area contributed by atoms with E-state index in [0.717, 1.165) is 16.7 Å². The molecule has 16 heavy (non-hydrogen) atoms. The Hall–Kier alpha value is -1.97. The van der Waals surface area contributed by atoms with Crippen LogP contribution in [-0.4, -0.2) is 26.7 Å². The van der Waals surface area contributed by atoms with Crippen LogP contribution in [0.5, 0.6) is 0 Å². The molecule has 0 atom stereocenters. The van der Waals surface area contributed by atoms with E-state index in [2.05, 4.69) is 4.74 Å². The fraction of sp³-hybridized carbons (Fsp3) is 0.250. The van der Waals surface area contributed by atoms with Crippen molar-refractivity contribution in [3.05, 3.63) is 30.5 Å². The first-order valence-corrected chi connectivity index (χ1v) is 4.96. The van der Waals surface area contributed by atoms with Crippen molar-refractivity contribution in [2.24, 2.45) is 0 Å². The van der Waals surface area contributed by atoms with Crippen LogP contribution in [0, 0.1) is 0 Å². The molecule has 0 amide bonds. The maximum Gasteiger partial charge on any atom is 0.325 e. The van der Waals surface area contributed by atoms with Crippen molar-refractivity contribution >= 4 is 22.6 Å². The number of anilines is 1. The summed E-state index contributed by atoms with van der Waals surface area (Å²) in [5.74, 6) is -0.271. The van der Waals surface area contributed by atoms with E-state index in [1.807, 2.05) is 31.3 Å².